The van der Waals surface area contributed by atoms with Gasteiger partial charge < -0.3 is 9.88 Å². The largest absolute Gasteiger partial charge is 0.368 e. The lowest BCUT2D eigenvalue weighted by Gasteiger charge is -2.11. The number of benzene rings is 2. The lowest BCUT2D eigenvalue weighted by Crippen LogP contribution is -2.13. The number of aryl methyl sites for hydroxylation is 1. The first-order valence-corrected chi connectivity index (χ1v) is 7.79. The van der Waals surface area contributed by atoms with E-state index in [1.165, 1.54) is 12.4 Å². The van der Waals surface area contributed by atoms with Crippen LogP contribution in [0.5, 0.6) is 0 Å². The fourth-order valence-electron chi connectivity index (χ4n) is 2.97. The Morgan fingerprint density at radius 3 is 2.79 bits per heavy atom. The van der Waals surface area contributed by atoms with Gasteiger partial charge in [0.05, 0.1) is 21.9 Å². The Balaban J connectivity index is 1.59. The van der Waals surface area contributed by atoms with E-state index in [-0.39, 0.29) is 5.82 Å². The molecule has 6 heteroatoms. The number of nitrogens with one attached hydrogen (secondary N) is 1. The van der Waals surface area contributed by atoms with E-state index < -0.39 is 0 Å². The number of fused-ring (bicyclic) bond motifs is 2. The maximum absolute atomic E-state index is 14.1. The Bertz CT molecular complexity index is 1020. The molecule has 0 aliphatic heterocycles. The van der Waals surface area contributed by atoms with Gasteiger partial charge in [-0.1, -0.05) is 18.2 Å². The van der Waals surface area contributed by atoms with Gasteiger partial charge in [0.1, 0.15) is 23.8 Å². The van der Waals surface area contributed by atoms with Gasteiger partial charge >= 0.3 is 0 Å². The van der Waals surface area contributed by atoms with Gasteiger partial charge in [-0.05, 0) is 31.2 Å². The number of imidazole rings is 1. The van der Waals surface area contributed by atoms with Gasteiger partial charge in [0.2, 0.25) is 0 Å². The van der Waals surface area contributed by atoms with E-state index in [4.69, 9.17) is 0 Å². The summed E-state index contributed by atoms with van der Waals surface area (Å²) in [7, 11) is 0. The number of rotatable bonds is 4. The van der Waals surface area contributed by atoms with E-state index in [0.29, 0.717) is 29.8 Å². The lowest BCUT2D eigenvalue weighted by molar-refractivity contribution is 0.639. The minimum Gasteiger partial charge on any atom is -0.368 e. The van der Waals surface area contributed by atoms with Crippen LogP contribution in [0, 0.1) is 12.7 Å². The molecule has 0 bridgehead atoms. The van der Waals surface area contributed by atoms with E-state index in [0.717, 1.165) is 16.9 Å². The van der Waals surface area contributed by atoms with Crippen LogP contribution in [0.25, 0.3) is 21.9 Å². The van der Waals surface area contributed by atoms with Crippen LogP contribution in [-0.4, -0.2) is 26.1 Å². The van der Waals surface area contributed by atoms with Crippen molar-refractivity contribution in [3.8, 4) is 0 Å². The fourth-order valence-corrected chi connectivity index (χ4v) is 2.97. The van der Waals surface area contributed by atoms with Gasteiger partial charge in [-0.2, -0.15) is 0 Å². The van der Waals surface area contributed by atoms with Crippen LogP contribution >= 0.6 is 0 Å². The fraction of sp³-hybridized carbons (Fsp3) is 0.167. The van der Waals surface area contributed by atoms with Crippen LogP contribution < -0.4 is 5.32 Å². The van der Waals surface area contributed by atoms with Gasteiger partial charge in [0, 0.05) is 13.1 Å². The molecule has 120 valence electrons. The Hall–Kier alpha value is -3.02. The van der Waals surface area contributed by atoms with Crippen LogP contribution in [0.4, 0.5) is 10.2 Å². The van der Waals surface area contributed by atoms with E-state index in [2.05, 4.69) is 30.9 Å². The quantitative estimate of drug-likeness (QED) is 0.624. The number of anilines is 1. The highest BCUT2D eigenvalue weighted by Gasteiger charge is 2.09. The molecule has 0 amide bonds. The highest BCUT2D eigenvalue weighted by Crippen LogP contribution is 2.22. The van der Waals surface area contributed by atoms with Gasteiger partial charge in [-0.3, -0.25) is 0 Å². The second kappa shape index (κ2) is 5.88. The summed E-state index contributed by atoms with van der Waals surface area (Å²) in [6.45, 7) is 3.31. The molecule has 0 aliphatic carbocycles. The topological polar surface area (TPSA) is 55.6 Å². The van der Waals surface area contributed by atoms with Crippen molar-refractivity contribution >= 4 is 27.8 Å². The second-order valence-corrected chi connectivity index (χ2v) is 5.58. The van der Waals surface area contributed by atoms with E-state index in [1.54, 1.807) is 12.1 Å². The summed E-state index contributed by atoms with van der Waals surface area (Å²) in [5.74, 6) is 1.15. The first-order valence-electron chi connectivity index (χ1n) is 7.79. The SMILES string of the molecule is Cc1nc2ccccc2n1CCNc1ncnc2cccc(F)c12. The third kappa shape index (κ3) is 2.46. The van der Waals surface area contributed by atoms with Crippen molar-refractivity contribution in [2.75, 3.05) is 11.9 Å². The molecule has 0 fully saturated rings. The zero-order valence-corrected chi connectivity index (χ0v) is 13.2. The third-order valence-corrected chi connectivity index (χ3v) is 4.09. The molecule has 5 nitrogen and oxygen atoms in total. The third-order valence-electron chi connectivity index (χ3n) is 4.09. The molecular weight excluding hydrogens is 305 g/mol. The van der Waals surface area contributed by atoms with E-state index in [1.807, 2.05) is 25.1 Å². The zero-order valence-electron chi connectivity index (χ0n) is 13.2. The summed E-state index contributed by atoms with van der Waals surface area (Å²) in [6.07, 6.45) is 1.45. The van der Waals surface area contributed by atoms with Crippen molar-refractivity contribution in [2.45, 2.75) is 13.5 Å². The molecule has 4 rings (SSSR count). The number of aromatic nitrogens is 4. The number of hydrogen-bond donors (Lipinski definition) is 1. The molecule has 4 aromatic rings. The smallest absolute Gasteiger partial charge is 0.140 e. The molecule has 0 spiro atoms. The van der Waals surface area contributed by atoms with Gasteiger partial charge in [-0.25, -0.2) is 19.3 Å². The number of hydrogen-bond acceptors (Lipinski definition) is 4. The van der Waals surface area contributed by atoms with Crippen LogP contribution in [-0.2, 0) is 6.54 Å². The predicted molar refractivity (Wildman–Crippen MR) is 92.5 cm³/mol. The normalized spacial score (nSPS) is 11.2. The maximum Gasteiger partial charge on any atom is 0.140 e. The summed E-state index contributed by atoms with van der Waals surface area (Å²) < 4.78 is 16.2. The van der Waals surface area contributed by atoms with Gasteiger partial charge in [-0.15, -0.1) is 0 Å². The Morgan fingerprint density at radius 1 is 1.04 bits per heavy atom. The van der Waals surface area contributed by atoms with Crippen molar-refractivity contribution in [3.63, 3.8) is 0 Å². The molecule has 0 aliphatic rings. The highest BCUT2D eigenvalue weighted by molar-refractivity contribution is 5.89. The van der Waals surface area contributed by atoms with Crippen LogP contribution in [0.15, 0.2) is 48.8 Å². The molecule has 2 aromatic heterocycles. The van der Waals surface area contributed by atoms with E-state index >= 15 is 0 Å². The summed E-state index contributed by atoms with van der Waals surface area (Å²) in [6, 6.07) is 12.9. The maximum atomic E-state index is 14.1. The number of halogens is 1. The minimum absolute atomic E-state index is 0.320. The van der Waals surface area contributed by atoms with Crippen molar-refractivity contribution in [1.29, 1.82) is 0 Å². The summed E-state index contributed by atoms with van der Waals surface area (Å²) in [5.41, 5.74) is 2.67. The Morgan fingerprint density at radius 2 is 1.88 bits per heavy atom. The van der Waals surface area contributed by atoms with Crippen LogP contribution in [0.2, 0.25) is 0 Å². The average molecular weight is 321 g/mol. The van der Waals surface area contributed by atoms with Crippen LogP contribution in [0.1, 0.15) is 5.82 Å². The first-order chi connectivity index (χ1) is 11.7. The standard InChI is InChI=1S/C18H16FN5/c1-12-23-14-6-2-3-8-16(14)24(12)10-9-20-18-17-13(19)5-4-7-15(17)21-11-22-18/h2-8,11H,9-10H2,1H3,(H,20,21,22). The first kappa shape index (κ1) is 14.6. The molecule has 1 N–H and O–H groups in total. The molecule has 2 heterocycles. The minimum atomic E-state index is -0.320. The second-order valence-electron chi connectivity index (χ2n) is 5.58. The van der Waals surface area contributed by atoms with Crippen LogP contribution in [0.3, 0.4) is 0 Å². The van der Waals surface area contributed by atoms with E-state index in [9.17, 15) is 4.39 Å². The molecule has 0 unspecified atom stereocenters. The number of nitrogens with zero attached hydrogens (tertiary/aromatic N) is 4. The van der Waals surface area contributed by atoms with Crippen molar-refractivity contribution in [3.05, 3.63) is 60.4 Å². The Labute approximate surface area is 138 Å². The highest BCUT2D eigenvalue weighted by atomic mass is 19.1. The molecular formula is C18H16FN5. The molecule has 0 saturated heterocycles. The van der Waals surface area contributed by atoms with Crippen molar-refractivity contribution in [1.82, 2.24) is 19.5 Å². The monoisotopic (exact) mass is 321 g/mol. The summed E-state index contributed by atoms with van der Waals surface area (Å²) in [4.78, 5) is 12.8. The van der Waals surface area contributed by atoms with Gasteiger partial charge in [0.15, 0.2) is 0 Å². The molecule has 24 heavy (non-hydrogen) atoms. The average Bonchev–Trinajstić information content (AvgIpc) is 2.91. The van der Waals surface area contributed by atoms with Crippen molar-refractivity contribution in [2.24, 2.45) is 0 Å². The molecule has 0 saturated carbocycles. The van der Waals surface area contributed by atoms with Crippen molar-refractivity contribution < 1.29 is 4.39 Å². The summed E-state index contributed by atoms with van der Waals surface area (Å²) in [5, 5.41) is 3.64. The molecule has 2 aromatic carbocycles. The molecule has 0 atom stereocenters. The number of para-hydroxylation sites is 2. The summed E-state index contributed by atoms with van der Waals surface area (Å²) >= 11 is 0. The van der Waals surface area contributed by atoms with Gasteiger partial charge in [0.25, 0.3) is 0 Å². The predicted octanol–water partition coefficient (Wildman–Crippen LogP) is 3.54. The lowest BCUT2D eigenvalue weighted by atomic mass is 10.2. The Kier molecular flexibility index (Phi) is 3.57. The molecule has 0 radical (unpaired) electrons. The zero-order chi connectivity index (χ0) is 16.5.